The van der Waals surface area contributed by atoms with Crippen molar-refractivity contribution >= 4 is 17.6 Å². The molecule has 1 aliphatic heterocycles. The molecule has 0 bridgehead atoms. The zero-order valence-electron chi connectivity index (χ0n) is 17.8. The lowest BCUT2D eigenvalue weighted by Crippen LogP contribution is -2.44. The zero-order chi connectivity index (χ0) is 21.6. The summed E-state index contributed by atoms with van der Waals surface area (Å²) in [6.45, 7) is 6.84. The molecule has 1 N–H and O–H groups in total. The summed E-state index contributed by atoms with van der Waals surface area (Å²) in [5, 5.41) is 3.01. The molecule has 1 heterocycles. The number of carbonyl (C=O) groups is 2. The van der Waals surface area contributed by atoms with Crippen LogP contribution in [0.2, 0.25) is 0 Å². The van der Waals surface area contributed by atoms with Crippen molar-refractivity contribution in [3.8, 4) is 5.75 Å². The summed E-state index contributed by atoms with van der Waals surface area (Å²) in [5.74, 6) is -0.150. The van der Waals surface area contributed by atoms with Crippen molar-refractivity contribution in [3.05, 3.63) is 59.7 Å². The van der Waals surface area contributed by atoms with Gasteiger partial charge in [-0.05, 0) is 57.4 Å². The molecule has 160 valence electrons. The molecule has 2 aromatic carbocycles. The molecule has 6 heteroatoms. The van der Waals surface area contributed by atoms with Crippen LogP contribution in [-0.2, 0) is 19.7 Å². The van der Waals surface area contributed by atoms with Gasteiger partial charge >= 0.3 is 5.97 Å². The molecule has 0 aromatic heterocycles. The number of benzene rings is 2. The largest absolute Gasteiger partial charge is 0.490 e. The van der Waals surface area contributed by atoms with E-state index in [0.717, 1.165) is 5.56 Å². The lowest BCUT2D eigenvalue weighted by atomic mass is 9.73. The molecular weight excluding hydrogens is 382 g/mol. The Bertz CT molecular complexity index is 872. The lowest BCUT2D eigenvalue weighted by molar-refractivity contribution is -0.125. The molecule has 6 nitrogen and oxygen atoms in total. The highest BCUT2D eigenvalue weighted by Crippen LogP contribution is 2.36. The number of ether oxygens (including phenoxy) is 3. The minimum Gasteiger partial charge on any atom is -0.490 e. The number of hydrogen-bond acceptors (Lipinski definition) is 5. The van der Waals surface area contributed by atoms with Crippen molar-refractivity contribution in [1.82, 2.24) is 0 Å². The van der Waals surface area contributed by atoms with Crippen molar-refractivity contribution < 1.29 is 23.8 Å². The summed E-state index contributed by atoms with van der Waals surface area (Å²) in [5.41, 5.74) is 1.12. The molecule has 0 radical (unpaired) electrons. The van der Waals surface area contributed by atoms with E-state index in [9.17, 15) is 9.59 Å². The maximum atomic E-state index is 13.4. The third kappa shape index (κ3) is 4.82. The van der Waals surface area contributed by atoms with Crippen LogP contribution in [0.3, 0.4) is 0 Å². The highest BCUT2D eigenvalue weighted by Gasteiger charge is 2.41. The molecule has 2 aromatic rings. The van der Waals surface area contributed by atoms with Gasteiger partial charge in [-0.2, -0.15) is 0 Å². The van der Waals surface area contributed by atoms with E-state index in [4.69, 9.17) is 14.2 Å². The van der Waals surface area contributed by atoms with Crippen molar-refractivity contribution in [1.29, 1.82) is 0 Å². The number of rotatable bonds is 7. The van der Waals surface area contributed by atoms with Crippen LogP contribution in [0.5, 0.6) is 5.75 Å². The van der Waals surface area contributed by atoms with Crippen LogP contribution in [0, 0.1) is 0 Å². The Balaban J connectivity index is 1.91. The van der Waals surface area contributed by atoms with E-state index >= 15 is 0 Å². The van der Waals surface area contributed by atoms with E-state index in [1.165, 1.54) is 0 Å². The van der Waals surface area contributed by atoms with E-state index in [0.29, 0.717) is 43.1 Å². The van der Waals surface area contributed by atoms with Gasteiger partial charge in [-0.3, -0.25) is 4.79 Å². The Kier molecular flexibility index (Phi) is 7.11. The fourth-order valence-electron chi connectivity index (χ4n) is 3.71. The second-order valence-corrected chi connectivity index (χ2v) is 7.61. The Morgan fingerprint density at radius 2 is 1.80 bits per heavy atom. The molecule has 1 aliphatic rings. The van der Waals surface area contributed by atoms with Gasteiger partial charge in [0.1, 0.15) is 11.3 Å². The van der Waals surface area contributed by atoms with E-state index in [-0.39, 0.29) is 18.6 Å². The Hall–Kier alpha value is -2.86. The van der Waals surface area contributed by atoms with Crippen molar-refractivity contribution in [2.45, 2.75) is 45.1 Å². The average molecular weight is 411 g/mol. The maximum Gasteiger partial charge on any atom is 0.341 e. The predicted molar refractivity (Wildman–Crippen MR) is 115 cm³/mol. The smallest absolute Gasteiger partial charge is 0.341 e. The minimum absolute atomic E-state index is 0.0952. The van der Waals surface area contributed by atoms with Crippen LogP contribution in [0.1, 0.15) is 49.5 Å². The summed E-state index contributed by atoms with van der Waals surface area (Å²) in [6.07, 6.45) is 1.10. The third-order valence-electron chi connectivity index (χ3n) is 5.20. The van der Waals surface area contributed by atoms with Gasteiger partial charge in [-0.1, -0.05) is 30.3 Å². The quantitative estimate of drug-likeness (QED) is 0.686. The molecule has 1 fully saturated rings. The first-order chi connectivity index (χ1) is 14.5. The van der Waals surface area contributed by atoms with Gasteiger partial charge in [-0.15, -0.1) is 0 Å². The van der Waals surface area contributed by atoms with Crippen molar-refractivity contribution in [2.24, 2.45) is 0 Å². The number of hydrogen-bond donors (Lipinski definition) is 1. The summed E-state index contributed by atoms with van der Waals surface area (Å²) in [7, 11) is 0. The van der Waals surface area contributed by atoms with Crippen LogP contribution in [0.4, 0.5) is 5.69 Å². The first-order valence-corrected chi connectivity index (χ1v) is 10.4. The number of esters is 1. The first-order valence-electron chi connectivity index (χ1n) is 10.4. The van der Waals surface area contributed by atoms with E-state index in [1.807, 2.05) is 44.2 Å². The third-order valence-corrected chi connectivity index (χ3v) is 5.20. The lowest BCUT2D eigenvalue weighted by Gasteiger charge is -2.36. The number of nitrogens with one attached hydrogen (secondary N) is 1. The summed E-state index contributed by atoms with van der Waals surface area (Å²) < 4.78 is 16.4. The number of anilines is 1. The van der Waals surface area contributed by atoms with Gasteiger partial charge in [0.05, 0.1) is 18.1 Å². The monoisotopic (exact) mass is 411 g/mol. The average Bonchev–Trinajstić information content (AvgIpc) is 2.75. The van der Waals surface area contributed by atoms with Gasteiger partial charge in [0.15, 0.2) is 0 Å². The summed E-state index contributed by atoms with van der Waals surface area (Å²) >= 11 is 0. The Morgan fingerprint density at radius 3 is 2.43 bits per heavy atom. The normalized spacial score (nSPS) is 15.5. The zero-order valence-corrected chi connectivity index (χ0v) is 17.8. The van der Waals surface area contributed by atoms with Crippen LogP contribution >= 0.6 is 0 Å². The minimum atomic E-state index is -0.670. The van der Waals surface area contributed by atoms with Crippen LogP contribution in [0.25, 0.3) is 0 Å². The van der Waals surface area contributed by atoms with E-state index in [2.05, 4.69) is 5.32 Å². The van der Waals surface area contributed by atoms with Gasteiger partial charge in [-0.25, -0.2) is 4.79 Å². The highest BCUT2D eigenvalue weighted by atomic mass is 16.5. The summed E-state index contributed by atoms with van der Waals surface area (Å²) in [6, 6.07) is 14.8. The van der Waals surface area contributed by atoms with Crippen molar-refractivity contribution in [3.63, 3.8) is 0 Å². The topological polar surface area (TPSA) is 73.9 Å². The molecular formula is C24H29NO5. The second-order valence-electron chi connectivity index (χ2n) is 7.61. The SMILES string of the molecule is CCOC(=O)c1cc(NC(=O)C2(c3ccccc3)CCOCC2)ccc1OC(C)C. The molecule has 0 saturated carbocycles. The molecule has 0 aliphatic carbocycles. The number of amides is 1. The van der Waals surface area contributed by atoms with Crippen molar-refractivity contribution in [2.75, 3.05) is 25.1 Å². The molecule has 3 rings (SSSR count). The Labute approximate surface area is 177 Å². The molecule has 30 heavy (non-hydrogen) atoms. The van der Waals surface area contributed by atoms with Gasteiger partial charge in [0, 0.05) is 18.9 Å². The molecule has 0 atom stereocenters. The molecule has 0 spiro atoms. The van der Waals surface area contributed by atoms with E-state index in [1.54, 1.807) is 25.1 Å². The fraction of sp³-hybridized carbons (Fsp3) is 0.417. The van der Waals surface area contributed by atoms with Crippen LogP contribution < -0.4 is 10.1 Å². The highest BCUT2D eigenvalue weighted by molar-refractivity contribution is 6.01. The van der Waals surface area contributed by atoms with E-state index < -0.39 is 11.4 Å². The van der Waals surface area contributed by atoms with Crippen LogP contribution in [0.15, 0.2) is 48.5 Å². The summed E-state index contributed by atoms with van der Waals surface area (Å²) in [4.78, 5) is 25.9. The molecule has 1 saturated heterocycles. The molecule has 0 unspecified atom stereocenters. The van der Waals surface area contributed by atoms with Crippen LogP contribution in [-0.4, -0.2) is 37.8 Å². The predicted octanol–water partition coefficient (Wildman–Crippen LogP) is 4.34. The van der Waals surface area contributed by atoms with Gasteiger partial charge < -0.3 is 19.5 Å². The van der Waals surface area contributed by atoms with Gasteiger partial charge in [0.2, 0.25) is 5.91 Å². The molecule has 1 amide bonds. The maximum absolute atomic E-state index is 13.4. The number of carbonyl (C=O) groups excluding carboxylic acids is 2. The standard InChI is InChI=1S/C24H29NO5/c1-4-29-22(26)20-16-19(10-11-21(20)30-17(2)3)25-23(27)24(12-14-28-15-13-24)18-8-6-5-7-9-18/h5-11,16-17H,4,12-15H2,1-3H3,(H,25,27). The second kappa shape index (κ2) is 9.76. The first kappa shape index (κ1) is 21.8. The van der Waals surface area contributed by atoms with Gasteiger partial charge in [0.25, 0.3) is 0 Å². The Morgan fingerprint density at radius 1 is 1.10 bits per heavy atom. The fourth-order valence-corrected chi connectivity index (χ4v) is 3.71.